The number of likely N-dealkylation sites (tertiary alicyclic amines) is 1. The van der Waals surface area contributed by atoms with Crippen LogP contribution in [-0.4, -0.2) is 48.4 Å². The summed E-state index contributed by atoms with van der Waals surface area (Å²) in [5.74, 6) is 1.50. The number of carbonyl (C=O) groups excluding carboxylic acids is 1. The summed E-state index contributed by atoms with van der Waals surface area (Å²) in [6.45, 7) is 7.30. The summed E-state index contributed by atoms with van der Waals surface area (Å²) >= 11 is 1.77. The Kier molecular flexibility index (Phi) is 8.79. The molecule has 0 saturated carbocycles. The van der Waals surface area contributed by atoms with Gasteiger partial charge in [-0.25, -0.2) is 0 Å². The second-order valence-corrected chi connectivity index (χ2v) is 8.13. The van der Waals surface area contributed by atoms with Gasteiger partial charge in [-0.2, -0.15) is 0 Å². The third-order valence-electron chi connectivity index (χ3n) is 4.58. The number of amides is 1. The lowest BCUT2D eigenvalue weighted by Crippen LogP contribution is -2.46. The van der Waals surface area contributed by atoms with Crippen molar-refractivity contribution in [2.45, 2.75) is 50.2 Å². The molecule has 1 saturated heterocycles. The van der Waals surface area contributed by atoms with Gasteiger partial charge in [0.1, 0.15) is 0 Å². The van der Waals surface area contributed by atoms with Gasteiger partial charge in [-0.3, -0.25) is 4.79 Å². The largest absolute Gasteiger partial charge is 0.378 e. The number of ether oxygens (including phenoxy) is 1. The Morgan fingerprint density at radius 2 is 1.96 bits per heavy atom. The molecule has 1 amide bonds. The number of benzene rings is 1. The maximum absolute atomic E-state index is 13.0. The van der Waals surface area contributed by atoms with E-state index in [0.717, 1.165) is 44.7 Å². The van der Waals surface area contributed by atoms with Crippen LogP contribution in [0.3, 0.4) is 0 Å². The molecule has 1 atom stereocenters. The van der Waals surface area contributed by atoms with Crippen molar-refractivity contribution < 1.29 is 9.53 Å². The zero-order chi connectivity index (χ0) is 18.1. The summed E-state index contributed by atoms with van der Waals surface area (Å²) in [6, 6.07) is 10.4. The van der Waals surface area contributed by atoms with E-state index < -0.39 is 0 Å². The maximum atomic E-state index is 13.0. The van der Waals surface area contributed by atoms with Gasteiger partial charge in [-0.1, -0.05) is 44.2 Å². The number of nitrogens with zero attached hydrogens (tertiary/aromatic N) is 1. The number of hydrogen-bond acceptors (Lipinski definition) is 4. The molecule has 4 nitrogen and oxygen atoms in total. The Balaban J connectivity index is 1.82. The number of carbonyl (C=O) groups is 1. The first-order valence-corrected chi connectivity index (χ1v) is 10.4. The normalized spacial score (nSPS) is 17.0. The van der Waals surface area contributed by atoms with Crippen molar-refractivity contribution in [3.05, 3.63) is 35.9 Å². The average Bonchev–Trinajstić information content (AvgIpc) is 2.63. The van der Waals surface area contributed by atoms with Crippen LogP contribution in [0.4, 0.5) is 0 Å². The molecule has 2 N–H and O–H groups in total. The van der Waals surface area contributed by atoms with Crippen LogP contribution in [0.15, 0.2) is 30.3 Å². The maximum Gasteiger partial charge on any atom is 0.235 e. The van der Waals surface area contributed by atoms with Gasteiger partial charge in [0.05, 0.1) is 11.4 Å². The fourth-order valence-electron chi connectivity index (χ4n) is 3.07. The minimum atomic E-state index is 0.0231. The van der Waals surface area contributed by atoms with Crippen LogP contribution in [0.2, 0.25) is 0 Å². The molecule has 0 spiro atoms. The molecular formula is C20H32N2O2S. The van der Waals surface area contributed by atoms with Gasteiger partial charge in [0, 0.05) is 25.4 Å². The molecule has 0 aromatic heterocycles. The highest BCUT2D eigenvalue weighted by molar-refractivity contribution is 7.99. The van der Waals surface area contributed by atoms with Gasteiger partial charge >= 0.3 is 0 Å². The van der Waals surface area contributed by atoms with E-state index in [4.69, 9.17) is 10.5 Å². The first-order chi connectivity index (χ1) is 12.1. The molecule has 1 aliphatic heterocycles. The number of thioether (sulfide) groups is 1. The van der Waals surface area contributed by atoms with E-state index in [1.165, 1.54) is 5.56 Å². The van der Waals surface area contributed by atoms with Gasteiger partial charge in [0.2, 0.25) is 5.91 Å². The number of rotatable bonds is 9. The van der Waals surface area contributed by atoms with Gasteiger partial charge in [0.25, 0.3) is 0 Å². The van der Waals surface area contributed by atoms with Crippen LogP contribution >= 0.6 is 11.8 Å². The molecule has 1 heterocycles. The zero-order valence-electron chi connectivity index (χ0n) is 15.5. The Morgan fingerprint density at radius 3 is 2.56 bits per heavy atom. The van der Waals surface area contributed by atoms with E-state index in [1.807, 2.05) is 11.0 Å². The van der Waals surface area contributed by atoms with E-state index in [9.17, 15) is 4.79 Å². The average molecular weight is 365 g/mol. The molecule has 1 aromatic carbocycles. The van der Waals surface area contributed by atoms with Gasteiger partial charge < -0.3 is 15.4 Å². The van der Waals surface area contributed by atoms with Crippen molar-refractivity contribution in [1.29, 1.82) is 0 Å². The third kappa shape index (κ3) is 6.65. The van der Waals surface area contributed by atoms with Crippen molar-refractivity contribution >= 4 is 17.7 Å². The lowest BCUT2D eigenvalue weighted by atomic mass is 10.0. The Bertz CT molecular complexity index is 502. The Morgan fingerprint density at radius 1 is 1.28 bits per heavy atom. The highest BCUT2D eigenvalue weighted by atomic mass is 32.2. The molecule has 25 heavy (non-hydrogen) atoms. The molecule has 0 aliphatic carbocycles. The number of hydrogen-bond donors (Lipinski definition) is 1. The SMILES string of the molecule is CC(C)C(SCc1ccccc1)C(=O)N1CCC(OCCCN)CC1. The van der Waals surface area contributed by atoms with E-state index in [2.05, 4.69) is 38.1 Å². The van der Waals surface area contributed by atoms with E-state index in [0.29, 0.717) is 12.5 Å². The van der Waals surface area contributed by atoms with Gasteiger partial charge in [-0.15, -0.1) is 11.8 Å². The lowest BCUT2D eigenvalue weighted by molar-refractivity contribution is -0.134. The summed E-state index contributed by atoms with van der Waals surface area (Å²) in [5, 5.41) is 0.0231. The number of nitrogens with two attached hydrogens (primary N) is 1. The smallest absolute Gasteiger partial charge is 0.235 e. The van der Waals surface area contributed by atoms with Crippen LogP contribution in [0.25, 0.3) is 0 Å². The molecular weight excluding hydrogens is 332 g/mol. The minimum Gasteiger partial charge on any atom is -0.378 e. The first-order valence-electron chi connectivity index (χ1n) is 9.37. The van der Waals surface area contributed by atoms with Gasteiger partial charge in [-0.05, 0) is 37.3 Å². The van der Waals surface area contributed by atoms with Crippen LogP contribution in [0, 0.1) is 5.92 Å². The third-order valence-corrected chi connectivity index (χ3v) is 6.18. The summed E-state index contributed by atoms with van der Waals surface area (Å²) in [7, 11) is 0. The lowest BCUT2D eigenvalue weighted by Gasteiger charge is -2.35. The molecule has 140 valence electrons. The topological polar surface area (TPSA) is 55.6 Å². The molecule has 1 fully saturated rings. The molecule has 1 aromatic rings. The first kappa shape index (κ1) is 20.3. The van der Waals surface area contributed by atoms with Crippen LogP contribution < -0.4 is 5.73 Å². The van der Waals surface area contributed by atoms with Crippen molar-refractivity contribution in [2.24, 2.45) is 11.7 Å². The molecule has 2 rings (SSSR count). The van der Waals surface area contributed by atoms with E-state index >= 15 is 0 Å². The second kappa shape index (κ2) is 10.8. The Labute approximate surface area is 156 Å². The fourth-order valence-corrected chi connectivity index (χ4v) is 4.31. The van der Waals surface area contributed by atoms with Crippen LogP contribution in [-0.2, 0) is 15.3 Å². The highest BCUT2D eigenvalue weighted by Gasteiger charge is 2.30. The van der Waals surface area contributed by atoms with Crippen molar-refractivity contribution in [3.63, 3.8) is 0 Å². The molecule has 1 aliphatic rings. The van der Waals surface area contributed by atoms with Crippen molar-refractivity contribution in [2.75, 3.05) is 26.2 Å². The van der Waals surface area contributed by atoms with Gasteiger partial charge in [0.15, 0.2) is 0 Å². The monoisotopic (exact) mass is 364 g/mol. The van der Waals surface area contributed by atoms with E-state index in [1.54, 1.807) is 11.8 Å². The Hall–Kier alpha value is -1.04. The van der Waals surface area contributed by atoms with Crippen molar-refractivity contribution in [3.8, 4) is 0 Å². The quantitative estimate of drug-likeness (QED) is 0.683. The summed E-state index contributed by atoms with van der Waals surface area (Å²) in [6.07, 6.45) is 3.06. The summed E-state index contributed by atoms with van der Waals surface area (Å²) in [5.41, 5.74) is 6.78. The minimum absolute atomic E-state index is 0.0231. The summed E-state index contributed by atoms with van der Waals surface area (Å²) in [4.78, 5) is 15.0. The predicted octanol–water partition coefficient (Wildman–Crippen LogP) is 3.30. The molecule has 0 bridgehead atoms. The second-order valence-electron chi connectivity index (χ2n) is 7.00. The molecule has 1 unspecified atom stereocenters. The molecule has 5 heteroatoms. The molecule has 0 radical (unpaired) electrons. The highest BCUT2D eigenvalue weighted by Crippen LogP contribution is 2.27. The summed E-state index contributed by atoms with van der Waals surface area (Å²) < 4.78 is 5.84. The van der Waals surface area contributed by atoms with Crippen molar-refractivity contribution in [1.82, 2.24) is 4.90 Å². The van der Waals surface area contributed by atoms with Crippen LogP contribution in [0.5, 0.6) is 0 Å². The zero-order valence-corrected chi connectivity index (χ0v) is 16.3. The van der Waals surface area contributed by atoms with Crippen LogP contribution in [0.1, 0.15) is 38.7 Å². The van der Waals surface area contributed by atoms with E-state index in [-0.39, 0.29) is 17.3 Å². The number of piperidine rings is 1. The fraction of sp³-hybridized carbons (Fsp3) is 0.650. The predicted molar refractivity (Wildman–Crippen MR) is 106 cm³/mol. The standard InChI is InChI=1S/C20H32N2O2S/c1-16(2)19(25-15-17-7-4-3-5-8-17)20(23)22-12-9-18(10-13-22)24-14-6-11-21/h3-5,7-8,16,18-19H,6,9-15,21H2,1-2H3.